The van der Waals surface area contributed by atoms with Crippen LogP contribution in [0.1, 0.15) is 17.0 Å². The number of pyridine rings is 1. The summed E-state index contributed by atoms with van der Waals surface area (Å²) in [5.41, 5.74) is 3.92. The number of halogens is 1. The van der Waals surface area contributed by atoms with E-state index >= 15 is 0 Å². The van der Waals surface area contributed by atoms with Gasteiger partial charge in [0.05, 0.1) is 10.7 Å². The molecule has 0 fully saturated rings. The third kappa shape index (κ3) is 4.10. The van der Waals surface area contributed by atoms with Gasteiger partial charge in [0, 0.05) is 49.0 Å². The van der Waals surface area contributed by atoms with Crippen molar-refractivity contribution >= 4 is 34.2 Å². The average molecular weight is 405 g/mol. The summed E-state index contributed by atoms with van der Waals surface area (Å²) in [5, 5.41) is 7.46. The van der Waals surface area contributed by atoms with Crippen molar-refractivity contribution in [2.75, 3.05) is 11.9 Å². The van der Waals surface area contributed by atoms with E-state index in [2.05, 4.69) is 38.5 Å². The highest BCUT2D eigenvalue weighted by Gasteiger charge is 2.20. The van der Waals surface area contributed by atoms with Gasteiger partial charge in [-0.3, -0.25) is 4.98 Å². The third-order valence-corrected chi connectivity index (χ3v) is 5.31. The van der Waals surface area contributed by atoms with E-state index in [4.69, 9.17) is 11.6 Å². The number of hydrogen-bond donors (Lipinski definition) is 2. The van der Waals surface area contributed by atoms with Gasteiger partial charge in [0.15, 0.2) is 0 Å². The molecule has 4 rings (SSSR count). The molecule has 29 heavy (non-hydrogen) atoms. The molecule has 0 unspecified atom stereocenters. The Morgan fingerprint density at radius 3 is 2.69 bits per heavy atom. The molecule has 1 atom stereocenters. The van der Waals surface area contributed by atoms with Crippen molar-refractivity contribution in [3.05, 3.63) is 95.4 Å². The maximum Gasteiger partial charge on any atom is 0.319 e. The van der Waals surface area contributed by atoms with Gasteiger partial charge in [0.2, 0.25) is 0 Å². The van der Waals surface area contributed by atoms with Gasteiger partial charge >= 0.3 is 6.03 Å². The summed E-state index contributed by atoms with van der Waals surface area (Å²) < 4.78 is 2.11. The molecule has 6 heteroatoms. The fourth-order valence-corrected chi connectivity index (χ4v) is 3.75. The number of benzene rings is 2. The van der Waals surface area contributed by atoms with Crippen LogP contribution in [0.2, 0.25) is 5.02 Å². The van der Waals surface area contributed by atoms with Crippen LogP contribution in [0, 0.1) is 0 Å². The second kappa shape index (κ2) is 8.37. The molecular weight excluding hydrogens is 384 g/mol. The largest absolute Gasteiger partial charge is 0.350 e. The number of hydrogen-bond acceptors (Lipinski definition) is 2. The minimum atomic E-state index is -0.299. The van der Waals surface area contributed by atoms with Crippen LogP contribution in [0.4, 0.5) is 10.5 Å². The smallest absolute Gasteiger partial charge is 0.319 e. The lowest BCUT2D eigenvalue weighted by Gasteiger charge is -2.18. The van der Waals surface area contributed by atoms with Crippen molar-refractivity contribution < 1.29 is 4.79 Å². The van der Waals surface area contributed by atoms with Crippen LogP contribution in [0.15, 0.2) is 79.3 Å². The first-order valence-electron chi connectivity index (χ1n) is 9.37. The summed E-state index contributed by atoms with van der Waals surface area (Å²) in [4.78, 5) is 16.8. The Balaban J connectivity index is 1.60. The van der Waals surface area contributed by atoms with Gasteiger partial charge in [-0.15, -0.1) is 0 Å². The summed E-state index contributed by atoms with van der Waals surface area (Å²) in [6.07, 6.45) is 5.72. The molecule has 2 aromatic heterocycles. The second-order valence-corrected chi connectivity index (χ2v) is 7.27. The fourth-order valence-electron chi connectivity index (χ4n) is 3.56. The summed E-state index contributed by atoms with van der Waals surface area (Å²) in [6, 6.07) is 19.1. The quantitative estimate of drug-likeness (QED) is 0.481. The molecule has 0 radical (unpaired) electrons. The van der Waals surface area contributed by atoms with Crippen molar-refractivity contribution in [1.82, 2.24) is 14.9 Å². The number of anilines is 1. The predicted molar refractivity (Wildman–Crippen MR) is 117 cm³/mol. The maximum atomic E-state index is 12.5. The molecule has 2 N–H and O–H groups in total. The minimum Gasteiger partial charge on any atom is -0.350 e. The van der Waals surface area contributed by atoms with Gasteiger partial charge in [-0.1, -0.05) is 48.0 Å². The molecular formula is C23H21ClN4O. The van der Waals surface area contributed by atoms with E-state index in [0.29, 0.717) is 17.3 Å². The second-order valence-electron chi connectivity index (χ2n) is 6.87. The zero-order valence-corrected chi connectivity index (χ0v) is 16.7. The molecule has 0 saturated heterocycles. The number of para-hydroxylation sites is 2. The molecule has 4 aromatic rings. The molecule has 0 saturated carbocycles. The highest BCUT2D eigenvalue weighted by molar-refractivity contribution is 6.33. The zero-order valence-electron chi connectivity index (χ0n) is 16.0. The molecule has 0 aliphatic rings. The van der Waals surface area contributed by atoms with E-state index in [1.807, 2.05) is 49.6 Å². The molecule has 2 aromatic carbocycles. The number of nitrogens with one attached hydrogen (secondary N) is 2. The Bertz CT molecular complexity index is 1140. The molecule has 146 valence electrons. The number of carbonyl (C=O) groups excluding carboxylic acids is 1. The highest BCUT2D eigenvalue weighted by Crippen LogP contribution is 2.31. The van der Waals surface area contributed by atoms with Crippen molar-refractivity contribution in [2.24, 2.45) is 7.05 Å². The fraction of sp³-hybridized carbons (Fsp3) is 0.130. The molecule has 0 bridgehead atoms. The van der Waals surface area contributed by atoms with E-state index < -0.39 is 0 Å². The number of rotatable bonds is 5. The highest BCUT2D eigenvalue weighted by atomic mass is 35.5. The van der Waals surface area contributed by atoms with Crippen LogP contribution >= 0.6 is 11.6 Å². The number of fused-ring (bicyclic) bond motifs is 1. The first kappa shape index (κ1) is 19.0. The minimum absolute atomic E-state index is 0.0354. The molecule has 0 aliphatic carbocycles. The first-order chi connectivity index (χ1) is 14.1. The van der Waals surface area contributed by atoms with E-state index in [0.717, 1.165) is 22.0 Å². The van der Waals surface area contributed by atoms with Crippen LogP contribution in [0.5, 0.6) is 0 Å². The monoisotopic (exact) mass is 404 g/mol. The summed E-state index contributed by atoms with van der Waals surface area (Å²) >= 11 is 6.14. The predicted octanol–water partition coefficient (Wildman–Crippen LogP) is 5.18. The first-order valence-corrected chi connectivity index (χ1v) is 9.74. The number of urea groups is 1. The van der Waals surface area contributed by atoms with Gasteiger partial charge in [-0.05, 0) is 35.4 Å². The standard InChI is InChI=1S/C23H21ClN4O/c1-28-15-19(17-8-2-5-11-22(17)28)18(16-7-6-12-25-13-16)14-26-23(29)27-21-10-4-3-9-20(21)24/h2-13,15,18H,14H2,1H3,(H2,26,27,29)/t18-/m0/s1. The lowest BCUT2D eigenvalue weighted by atomic mass is 9.92. The lowest BCUT2D eigenvalue weighted by molar-refractivity contribution is 0.252. The Morgan fingerprint density at radius 2 is 1.90 bits per heavy atom. The van der Waals surface area contributed by atoms with Crippen molar-refractivity contribution in [1.29, 1.82) is 0 Å². The van der Waals surface area contributed by atoms with E-state index in [9.17, 15) is 4.79 Å². The average Bonchev–Trinajstić information content (AvgIpc) is 3.07. The number of carbonyl (C=O) groups is 1. The van der Waals surface area contributed by atoms with E-state index in [1.165, 1.54) is 0 Å². The molecule has 0 aliphatic heterocycles. The van der Waals surface area contributed by atoms with Crippen LogP contribution in [-0.4, -0.2) is 22.1 Å². The Hall–Kier alpha value is -3.31. The number of amides is 2. The van der Waals surface area contributed by atoms with E-state index in [1.54, 1.807) is 18.3 Å². The Morgan fingerprint density at radius 1 is 1.10 bits per heavy atom. The van der Waals surface area contributed by atoms with Gasteiger partial charge in [0.25, 0.3) is 0 Å². The topological polar surface area (TPSA) is 59.0 Å². The van der Waals surface area contributed by atoms with Gasteiger partial charge < -0.3 is 15.2 Å². The maximum absolute atomic E-state index is 12.5. The van der Waals surface area contributed by atoms with Gasteiger partial charge in [-0.25, -0.2) is 4.79 Å². The molecule has 2 amide bonds. The van der Waals surface area contributed by atoms with Gasteiger partial charge in [0.1, 0.15) is 0 Å². The molecule has 5 nitrogen and oxygen atoms in total. The Kier molecular flexibility index (Phi) is 5.49. The summed E-state index contributed by atoms with van der Waals surface area (Å²) in [6.45, 7) is 0.427. The lowest BCUT2D eigenvalue weighted by Crippen LogP contribution is -2.32. The van der Waals surface area contributed by atoms with Crippen LogP contribution in [-0.2, 0) is 7.05 Å². The zero-order chi connectivity index (χ0) is 20.2. The Labute approximate surface area is 174 Å². The molecule has 0 spiro atoms. The van der Waals surface area contributed by atoms with E-state index in [-0.39, 0.29) is 11.9 Å². The number of aromatic nitrogens is 2. The van der Waals surface area contributed by atoms with Crippen LogP contribution in [0.25, 0.3) is 10.9 Å². The summed E-state index contributed by atoms with van der Waals surface area (Å²) in [7, 11) is 2.03. The van der Waals surface area contributed by atoms with Crippen molar-refractivity contribution in [2.45, 2.75) is 5.92 Å². The summed E-state index contributed by atoms with van der Waals surface area (Å²) in [5.74, 6) is -0.0354. The normalized spacial score (nSPS) is 11.9. The van der Waals surface area contributed by atoms with Gasteiger partial charge in [-0.2, -0.15) is 0 Å². The van der Waals surface area contributed by atoms with Crippen molar-refractivity contribution in [3.63, 3.8) is 0 Å². The van der Waals surface area contributed by atoms with Crippen molar-refractivity contribution in [3.8, 4) is 0 Å². The van der Waals surface area contributed by atoms with Crippen LogP contribution < -0.4 is 10.6 Å². The SMILES string of the molecule is Cn1cc([C@@H](CNC(=O)Nc2ccccc2Cl)c2cccnc2)c2ccccc21. The number of aryl methyl sites for hydroxylation is 1. The third-order valence-electron chi connectivity index (χ3n) is 4.98. The molecule has 2 heterocycles. The van der Waals surface area contributed by atoms with Crippen LogP contribution in [0.3, 0.4) is 0 Å². The number of nitrogens with zero attached hydrogens (tertiary/aromatic N) is 2.